The van der Waals surface area contributed by atoms with Crippen molar-refractivity contribution in [1.82, 2.24) is 0 Å². The number of rotatable bonds is 1. The predicted octanol–water partition coefficient (Wildman–Crippen LogP) is 2.62. The molecule has 1 aliphatic carbocycles. The maximum atomic E-state index is 11.2. The quantitative estimate of drug-likeness (QED) is 0.673. The number of carboxylic acids is 1. The number of carboxylic acid groups (broad SMARTS) is 1. The average Bonchev–Trinajstić information content (AvgIpc) is 2.03. The first-order valence-electron chi connectivity index (χ1n) is 4.48. The van der Waals surface area contributed by atoms with Gasteiger partial charge in [-0.25, -0.2) is 0 Å². The first-order valence-corrected chi connectivity index (χ1v) is 4.48. The van der Waals surface area contributed by atoms with Gasteiger partial charge in [-0.05, 0) is 11.8 Å². The van der Waals surface area contributed by atoms with E-state index < -0.39 is 11.4 Å². The summed E-state index contributed by atoms with van der Waals surface area (Å²) >= 11 is 0. The van der Waals surface area contributed by atoms with E-state index in [0.717, 1.165) is 0 Å². The molecule has 0 aromatic heterocycles. The normalized spacial score (nSPS) is 27.6. The van der Waals surface area contributed by atoms with Crippen LogP contribution >= 0.6 is 0 Å². The van der Waals surface area contributed by atoms with Gasteiger partial charge < -0.3 is 5.11 Å². The predicted molar refractivity (Wildman–Crippen MR) is 52.4 cm³/mol. The molecule has 1 aliphatic rings. The van der Waals surface area contributed by atoms with Crippen LogP contribution in [0.2, 0.25) is 0 Å². The van der Waals surface area contributed by atoms with E-state index in [-0.39, 0.29) is 5.41 Å². The van der Waals surface area contributed by atoms with Crippen LogP contribution in [0.3, 0.4) is 0 Å². The summed E-state index contributed by atoms with van der Waals surface area (Å²) in [5.41, 5.74) is -0.984. The maximum Gasteiger partial charge on any atom is 0.314 e. The van der Waals surface area contributed by atoms with Gasteiger partial charge in [-0.2, -0.15) is 0 Å². The molecular formula is C11H16O2. The zero-order valence-corrected chi connectivity index (χ0v) is 8.37. The Hall–Kier alpha value is -1.05. The molecule has 1 atom stereocenters. The van der Waals surface area contributed by atoms with Gasteiger partial charge in [0, 0.05) is 0 Å². The number of hydrogen-bond acceptors (Lipinski definition) is 1. The van der Waals surface area contributed by atoms with Crippen molar-refractivity contribution in [3.63, 3.8) is 0 Å². The molecule has 0 heterocycles. The fourth-order valence-electron chi connectivity index (χ4n) is 1.66. The lowest BCUT2D eigenvalue weighted by atomic mass is 9.63. The van der Waals surface area contributed by atoms with Gasteiger partial charge in [0.1, 0.15) is 0 Å². The number of hydrogen-bond donors (Lipinski definition) is 1. The molecule has 0 aromatic carbocycles. The van der Waals surface area contributed by atoms with Gasteiger partial charge in [0.2, 0.25) is 0 Å². The van der Waals surface area contributed by atoms with Gasteiger partial charge >= 0.3 is 5.97 Å². The lowest BCUT2D eigenvalue weighted by Gasteiger charge is -2.39. The van der Waals surface area contributed by atoms with Crippen molar-refractivity contribution in [3.8, 4) is 0 Å². The van der Waals surface area contributed by atoms with Crippen molar-refractivity contribution in [3.05, 3.63) is 24.3 Å². The first-order chi connectivity index (χ1) is 5.90. The molecule has 1 rings (SSSR count). The Morgan fingerprint density at radius 3 is 2.23 bits per heavy atom. The van der Waals surface area contributed by atoms with Crippen molar-refractivity contribution >= 4 is 5.97 Å². The van der Waals surface area contributed by atoms with Crippen molar-refractivity contribution in [1.29, 1.82) is 0 Å². The molecule has 0 saturated carbocycles. The highest BCUT2D eigenvalue weighted by molar-refractivity contribution is 5.79. The van der Waals surface area contributed by atoms with E-state index in [1.165, 1.54) is 0 Å². The lowest BCUT2D eigenvalue weighted by Crippen LogP contribution is -2.41. The molecular weight excluding hydrogens is 164 g/mol. The summed E-state index contributed by atoms with van der Waals surface area (Å²) in [6.07, 6.45) is 8.02. The lowest BCUT2D eigenvalue weighted by molar-refractivity contribution is -0.151. The second kappa shape index (κ2) is 3.02. The standard InChI is InChI=1S/C11H16O2/c1-10(2,3)11(9(12)13)7-5-4-6-8-11/h4-7H,8H2,1-3H3,(H,12,13). The van der Waals surface area contributed by atoms with E-state index >= 15 is 0 Å². The monoisotopic (exact) mass is 180 g/mol. The largest absolute Gasteiger partial charge is 0.481 e. The molecule has 0 saturated heterocycles. The first kappa shape index (κ1) is 10.0. The van der Waals surface area contributed by atoms with Gasteiger partial charge in [0.15, 0.2) is 0 Å². The molecule has 2 nitrogen and oxygen atoms in total. The van der Waals surface area contributed by atoms with Crippen molar-refractivity contribution < 1.29 is 9.90 Å². The van der Waals surface area contributed by atoms with Crippen molar-refractivity contribution in [2.45, 2.75) is 27.2 Å². The molecule has 1 unspecified atom stereocenters. The molecule has 2 heteroatoms. The Kier molecular flexibility index (Phi) is 2.33. The van der Waals surface area contributed by atoms with E-state index in [2.05, 4.69) is 0 Å². The van der Waals surface area contributed by atoms with Gasteiger partial charge in [-0.1, -0.05) is 45.1 Å². The van der Waals surface area contributed by atoms with Crippen LogP contribution in [0.4, 0.5) is 0 Å². The minimum absolute atomic E-state index is 0.250. The Bertz CT molecular complexity index is 268. The highest BCUT2D eigenvalue weighted by Gasteiger charge is 2.46. The molecule has 0 amide bonds. The van der Waals surface area contributed by atoms with E-state index in [4.69, 9.17) is 0 Å². The van der Waals surface area contributed by atoms with E-state index in [9.17, 15) is 9.90 Å². The van der Waals surface area contributed by atoms with Crippen LogP contribution in [0.1, 0.15) is 27.2 Å². The van der Waals surface area contributed by atoms with Crippen LogP contribution in [-0.2, 0) is 4.79 Å². The van der Waals surface area contributed by atoms with Crippen LogP contribution in [0, 0.1) is 10.8 Å². The molecule has 0 radical (unpaired) electrons. The molecule has 0 aromatic rings. The number of aliphatic carboxylic acids is 1. The summed E-state index contributed by atoms with van der Waals surface area (Å²) in [7, 11) is 0. The van der Waals surface area contributed by atoms with Crippen molar-refractivity contribution in [2.24, 2.45) is 10.8 Å². The Morgan fingerprint density at radius 1 is 1.38 bits per heavy atom. The second-order valence-corrected chi connectivity index (χ2v) is 4.52. The third-order valence-corrected chi connectivity index (χ3v) is 2.79. The zero-order chi connectivity index (χ0) is 10.1. The summed E-state index contributed by atoms with van der Waals surface area (Å²) in [4.78, 5) is 11.2. The smallest absolute Gasteiger partial charge is 0.314 e. The summed E-state index contributed by atoms with van der Waals surface area (Å²) in [6, 6.07) is 0. The van der Waals surface area contributed by atoms with Crippen LogP contribution < -0.4 is 0 Å². The molecule has 0 aliphatic heterocycles. The summed E-state index contributed by atoms with van der Waals surface area (Å²) in [5, 5.41) is 9.24. The average molecular weight is 180 g/mol. The Balaban J connectivity index is 3.10. The van der Waals surface area contributed by atoms with Crippen LogP contribution in [-0.4, -0.2) is 11.1 Å². The van der Waals surface area contributed by atoms with Crippen LogP contribution in [0.25, 0.3) is 0 Å². The highest BCUT2D eigenvalue weighted by Crippen LogP contribution is 2.44. The number of carbonyl (C=O) groups is 1. The molecule has 0 fully saturated rings. The van der Waals surface area contributed by atoms with E-state index in [1.807, 2.05) is 39.0 Å². The molecule has 1 N–H and O–H groups in total. The SMILES string of the molecule is CC(C)(C)C1(C(=O)O)C=CC=CC1. The van der Waals surface area contributed by atoms with Gasteiger partial charge in [-0.15, -0.1) is 0 Å². The van der Waals surface area contributed by atoms with Gasteiger partial charge in [-0.3, -0.25) is 4.79 Å². The van der Waals surface area contributed by atoms with Gasteiger partial charge in [0.05, 0.1) is 5.41 Å². The second-order valence-electron chi connectivity index (χ2n) is 4.52. The Morgan fingerprint density at radius 2 is 2.00 bits per heavy atom. The third kappa shape index (κ3) is 1.53. The molecule has 0 spiro atoms. The minimum atomic E-state index is -0.736. The summed E-state index contributed by atoms with van der Waals surface area (Å²) in [5.74, 6) is -0.736. The fourth-order valence-corrected chi connectivity index (χ4v) is 1.66. The summed E-state index contributed by atoms with van der Waals surface area (Å²) < 4.78 is 0. The van der Waals surface area contributed by atoms with Crippen molar-refractivity contribution in [2.75, 3.05) is 0 Å². The summed E-state index contributed by atoms with van der Waals surface area (Å²) in [6.45, 7) is 5.89. The maximum absolute atomic E-state index is 11.2. The number of allylic oxidation sites excluding steroid dienone is 3. The van der Waals surface area contributed by atoms with Gasteiger partial charge in [0.25, 0.3) is 0 Å². The topological polar surface area (TPSA) is 37.3 Å². The van der Waals surface area contributed by atoms with E-state index in [1.54, 1.807) is 6.08 Å². The highest BCUT2D eigenvalue weighted by atomic mass is 16.4. The van der Waals surface area contributed by atoms with Crippen LogP contribution in [0.5, 0.6) is 0 Å². The zero-order valence-electron chi connectivity index (χ0n) is 8.37. The Labute approximate surface area is 79.0 Å². The van der Waals surface area contributed by atoms with E-state index in [0.29, 0.717) is 6.42 Å². The molecule has 72 valence electrons. The molecule has 13 heavy (non-hydrogen) atoms. The molecule has 0 bridgehead atoms. The fraction of sp³-hybridized carbons (Fsp3) is 0.545. The minimum Gasteiger partial charge on any atom is -0.481 e. The van der Waals surface area contributed by atoms with Crippen LogP contribution in [0.15, 0.2) is 24.3 Å². The third-order valence-electron chi connectivity index (χ3n) is 2.79.